The second kappa shape index (κ2) is 6.88. The maximum atomic E-state index is 9.11. The Morgan fingerprint density at radius 1 is 1.45 bits per heavy atom. The molecule has 0 atom stereocenters. The van der Waals surface area contributed by atoms with Gasteiger partial charge in [0.2, 0.25) is 0 Å². The van der Waals surface area contributed by atoms with Crippen molar-refractivity contribution in [2.24, 2.45) is 10.9 Å². The molecule has 20 heavy (non-hydrogen) atoms. The molecule has 0 spiro atoms. The average Bonchev–Trinajstić information content (AvgIpc) is 3.28. The Labute approximate surface area is 125 Å². The molecule has 4 nitrogen and oxygen atoms in total. The molecule has 1 aromatic carbocycles. The van der Waals surface area contributed by atoms with Crippen molar-refractivity contribution < 1.29 is 5.21 Å². The number of hydrogen-bond donors (Lipinski definition) is 2. The third-order valence-electron chi connectivity index (χ3n) is 3.43. The van der Waals surface area contributed by atoms with E-state index in [0.717, 1.165) is 34.9 Å². The van der Waals surface area contributed by atoms with Crippen LogP contribution in [0.3, 0.4) is 0 Å². The molecular formula is C15H23N3OS. The molecule has 0 aliphatic heterocycles. The normalized spacial score (nSPS) is 15.4. The van der Waals surface area contributed by atoms with Gasteiger partial charge in [-0.2, -0.15) is 0 Å². The van der Waals surface area contributed by atoms with Gasteiger partial charge in [-0.15, -0.1) is 11.8 Å². The summed E-state index contributed by atoms with van der Waals surface area (Å²) in [7, 11) is 0. The Morgan fingerprint density at radius 2 is 2.20 bits per heavy atom. The predicted molar refractivity (Wildman–Crippen MR) is 86.0 cm³/mol. The average molecular weight is 293 g/mol. The lowest BCUT2D eigenvalue weighted by Crippen LogP contribution is -2.30. The number of hydrogen-bond acceptors (Lipinski definition) is 4. The SMILES string of the molecule is CCCN(c1cccc(SCC)c1/C(N)=N/O)C1CC1. The molecule has 0 amide bonds. The van der Waals surface area contributed by atoms with Crippen molar-refractivity contribution in [3.63, 3.8) is 0 Å². The van der Waals surface area contributed by atoms with E-state index in [1.54, 1.807) is 11.8 Å². The predicted octanol–water partition coefficient (Wildman–Crippen LogP) is 3.27. The molecule has 0 radical (unpaired) electrons. The molecule has 110 valence electrons. The molecule has 0 saturated heterocycles. The largest absolute Gasteiger partial charge is 0.409 e. The highest BCUT2D eigenvalue weighted by Gasteiger charge is 2.31. The highest BCUT2D eigenvalue weighted by molar-refractivity contribution is 7.99. The van der Waals surface area contributed by atoms with Crippen LogP contribution < -0.4 is 10.6 Å². The molecule has 0 heterocycles. The number of nitrogens with zero attached hydrogens (tertiary/aromatic N) is 2. The van der Waals surface area contributed by atoms with Gasteiger partial charge in [0.1, 0.15) is 0 Å². The number of nitrogens with two attached hydrogens (primary N) is 1. The fraction of sp³-hybridized carbons (Fsp3) is 0.533. The summed E-state index contributed by atoms with van der Waals surface area (Å²) in [4.78, 5) is 3.50. The highest BCUT2D eigenvalue weighted by Crippen LogP contribution is 2.37. The molecule has 1 aliphatic carbocycles. The Hall–Kier alpha value is -1.36. The van der Waals surface area contributed by atoms with Gasteiger partial charge in [0.05, 0.1) is 5.56 Å². The lowest BCUT2D eigenvalue weighted by molar-refractivity contribution is 0.318. The Bertz CT molecular complexity index is 486. The highest BCUT2D eigenvalue weighted by atomic mass is 32.2. The summed E-state index contributed by atoms with van der Waals surface area (Å²) in [6.45, 7) is 5.30. The van der Waals surface area contributed by atoms with E-state index < -0.39 is 0 Å². The van der Waals surface area contributed by atoms with E-state index in [9.17, 15) is 0 Å². The summed E-state index contributed by atoms with van der Waals surface area (Å²) in [5, 5.41) is 12.3. The molecule has 0 unspecified atom stereocenters. The third-order valence-corrected chi connectivity index (χ3v) is 4.37. The second-order valence-electron chi connectivity index (χ2n) is 4.99. The summed E-state index contributed by atoms with van der Waals surface area (Å²) in [5.41, 5.74) is 7.92. The Balaban J connectivity index is 2.46. The van der Waals surface area contributed by atoms with Crippen molar-refractivity contribution >= 4 is 23.3 Å². The molecule has 5 heteroatoms. The van der Waals surface area contributed by atoms with Crippen LogP contribution in [0.15, 0.2) is 28.3 Å². The minimum absolute atomic E-state index is 0.207. The lowest BCUT2D eigenvalue weighted by Gasteiger charge is -2.27. The zero-order valence-electron chi connectivity index (χ0n) is 12.2. The first-order chi connectivity index (χ1) is 9.72. The van der Waals surface area contributed by atoms with E-state index in [4.69, 9.17) is 10.9 Å². The summed E-state index contributed by atoms with van der Waals surface area (Å²) in [5.74, 6) is 1.17. The van der Waals surface area contributed by atoms with Crippen LogP contribution in [0.2, 0.25) is 0 Å². The molecule has 0 aromatic heterocycles. The summed E-state index contributed by atoms with van der Waals surface area (Å²) in [6.07, 6.45) is 3.57. The minimum atomic E-state index is 0.207. The number of amidine groups is 1. The topological polar surface area (TPSA) is 61.8 Å². The van der Waals surface area contributed by atoms with Crippen molar-refractivity contribution in [1.29, 1.82) is 0 Å². The van der Waals surface area contributed by atoms with Gasteiger partial charge in [-0.3, -0.25) is 0 Å². The molecular weight excluding hydrogens is 270 g/mol. The third kappa shape index (κ3) is 3.20. The standard InChI is InChI=1S/C15H23N3OS/c1-3-10-18(11-8-9-11)12-6-5-7-13(20-4-2)14(12)15(16)17-19/h5-7,11,19H,3-4,8-10H2,1-2H3,(H2,16,17). The number of anilines is 1. The van der Waals surface area contributed by atoms with Gasteiger partial charge < -0.3 is 15.8 Å². The fourth-order valence-corrected chi connectivity index (χ4v) is 3.31. The van der Waals surface area contributed by atoms with E-state index in [1.165, 1.54) is 12.8 Å². The van der Waals surface area contributed by atoms with Crippen LogP contribution in [0.4, 0.5) is 5.69 Å². The van der Waals surface area contributed by atoms with E-state index in [1.807, 2.05) is 6.07 Å². The zero-order valence-corrected chi connectivity index (χ0v) is 13.0. The van der Waals surface area contributed by atoms with Crippen LogP contribution in [-0.2, 0) is 0 Å². The van der Waals surface area contributed by atoms with Gasteiger partial charge in [0.15, 0.2) is 5.84 Å². The first-order valence-electron chi connectivity index (χ1n) is 7.23. The Kier molecular flexibility index (Phi) is 5.17. The van der Waals surface area contributed by atoms with E-state index >= 15 is 0 Å². The van der Waals surface area contributed by atoms with Crippen LogP contribution in [0.25, 0.3) is 0 Å². The number of rotatable bonds is 7. The van der Waals surface area contributed by atoms with Crippen molar-refractivity contribution in [2.75, 3.05) is 17.2 Å². The van der Waals surface area contributed by atoms with Gasteiger partial charge in [-0.05, 0) is 37.1 Å². The van der Waals surface area contributed by atoms with Crippen LogP contribution in [-0.4, -0.2) is 29.4 Å². The molecule has 0 bridgehead atoms. The maximum absolute atomic E-state index is 9.11. The zero-order chi connectivity index (χ0) is 14.5. The van der Waals surface area contributed by atoms with Gasteiger partial charge >= 0.3 is 0 Å². The summed E-state index contributed by atoms with van der Waals surface area (Å²) >= 11 is 1.73. The van der Waals surface area contributed by atoms with Gasteiger partial charge in [-0.1, -0.05) is 25.1 Å². The van der Waals surface area contributed by atoms with Crippen molar-refractivity contribution in [3.05, 3.63) is 23.8 Å². The second-order valence-corrected chi connectivity index (χ2v) is 6.30. The van der Waals surface area contributed by atoms with Crippen LogP contribution in [0.1, 0.15) is 38.7 Å². The quantitative estimate of drug-likeness (QED) is 0.266. The van der Waals surface area contributed by atoms with Crippen molar-refractivity contribution in [2.45, 2.75) is 44.0 Å². The van der Waals surface area contributed by atoms with E-state index in [2.05, 4.69) is 36.0 Å². The minimum Gasteiger partial charge on any atom is -0.409 e. The smallest absolute Gasteiger partial charge is 0.173 e. The lowest BCUT2D eigenvalue weighted by atomic mass is 10.1. The summed E-state index contributed by atoms with van der Waals surface area (Å²) < 4.78 is 0. The molecule has 3 N–H and O–H groups in total. The fourth-order valence-electron chi connectivity index (χ4n) is 2.47. The van der Waals surface area contributed by atoms with Crippen LogP contribution in [0, 0.1) is 0 Å². The maximum Gasteiger partial charge on any atom is 0.173 e. The first kappa shape index (κ1) is 15.0. The van der Waals surface area contributed by atoms with E-state index in [0.29, 0.717) is 6.04 Å². The Morgan fingerprint density at radius 3 is 2.75 bits per heavy atom. The van der Waals surface area contributed by atoms with Crippen LogP contribution in [0.5, 0.6) is 0 Å². The van der Waals surface area contributed by atoms with Crippen molar-refractivity contribution in [1.82, 2.24) is 0 Å². The molecule has 1 fully saturated rings. The van der Waals surface area contributed by atoms with Crippen molar-refractivity contribution in [3.8, 4) is 0 Å². The molecule has 2 rings (SSSR count). The van der Waals surface area contributed by atoms with Crippen LogP contribution >= 0.6 is 11.8 Å². The number of oxime groups is 1. The monoisotopic (exact) mass is 293 g/mol. The molecule has 1 aliphatic rings. The molecule has 1 aromatic rings. The van der Waals surface area contributed by atoms with Gasteiger partial charge in [0, 0.05) is 23.2 Å². The van der Waals surface area contributed by atoms with Gasteiger partial charge in [-0.25, -0.2) is 0 Å². The van der Waals surface area contributed by atoms with E-state index in [-0.39, 0.29) is 5.84 Å². The molecule has 1 saturated carbocycles. The van der Waals surface area contributed by atoms with Gasteiger partial charge in [0.25, 0.3) is 0 Å². The first-order valence-corrected chi connectivity index (χ1v) is 8.21. The number of benzene rings is 1. The number of thioether (sulfide) groups is 1. The summed E-state index contributed by atoms with van der Waals surface area (Å²) in [6, 6.07) is 6.80.